The van der Waals surface area contributed by atoms with Gasteiger partial charge in [0, 0.05) is 18.8 Å². The van der Waals surface area contributed by atoms with E-state index in [2.05, 4.69) is 15.5 Å². The maximum atomic E-state index is 10.7. The average molecular weight is 209 g/mol. The number of hydrogen-bond donors (Lipinski definition) is 2. The predicted octanol–water partition coefficient (Wildman–Crippen LogP) is 0.675. The molecule has 0 bridgehead atoms. The van der Waals surface area contributed by atoms with Crippen molar-refractivity contribution < 1.29 is 9.90 Å². The van der Waals surface area contributed by atoms with Gasteiger partial charge in [0.15, 0.2) is 0 Å². The van der Waals surface area contributed by atoms with Crippen molar-refractivity contribution in [2.75, 3.05) is 0 Å². The second-order valence-corrected chi connectivity index (χ2v) is 3.51. The summed E-state index contributed by atoms with van der Waals surface area (Å²) in [6.07, 6.45) is 1.60. The van der Waals surface area contributed by atoms with Crippen LogP contribution >= 0.6 is 0 Å². The first-order valence-electron chi connectivity index (χ1n) is 4.84. The Morgan fingerprint density at radius 3 is 2.87 bits per heavy atom. The Bertz CT molecular complexity index is 316. The van der Waals surface area contributed by atoms with Gasteiger partial charge in [0.1, 0.15) is 0 Å². The zero-order valence-electron chi connectivity index (χ0n) is 8.84. The minimum absolute atomic E-state index is 0.0930. The van der Waals surface area contributed by atoms with E-state index in [1.165, 1.54) is 0 Å². The number of hydrogen-bond acceptors (Lipinski definition) is 4. The number of carboxylic acids is 1. The van der Waals surface area contributed by atoms with Gasteiger partial charge in [0.2, 0.25) is 0 Å². The third kappa shape index (κ3) is 3.63. The Morgan fingerprint density at radius 2 is 2.33 bits per heavy atom. The van der Waals surface area contributed by atoms with Crippen molar-refractivity contribution in [3.8, 4) is 0 Å². The molecule has 0 aliphatic carbocycles. The van der Waals surface area contributed by atoms with Gasteiger partial charge in [0.05, 0.1) is 11.6 Å². The lowest BCUT2D eigenvalue weighted by atomic mass is 10.0. The highest BCUT2D eigenvalue weighted by atomic mass is 16.4. The molecule has 0 aromatic carbocycles. The Morgan fingerprint density at radius 1 is 1.60 bits per heavy atom. The molecule has 82 valence electrons. The van der Waals surface area contributed by atoms with Crippen LogP contribution in [0.5, 0.6) is 0 Å². The van der Waals surface area contributed by atoms with Gasteiger partial charge in [-0.25, -0.2) is 0 Å². The zero-order valence-corrected chi connectivity index (χ0v) is 8.84. The maximum Gasteiger partial charge on any atom is 0.307 e. The van der Waals surface area contributed by atoms with Crippen molar-refractivity contribution in [1.29, 1.82) is 0 Å². The molecule has 1 rings (SSSR count). The minimum Gasteiger partial charge on any atom is -0.481 e. The highest BCUT2D eigenvalue weighted by Gasteiger charge is 2.18. The molecule has 5 heteroatoms. The lowest BCUT2D eigenvalue weighted by Crippen LogP contribution is -2.35. The van der Waals surface area contributed by atoms with Crippen molar-refractivity contribution in [2.45, 2.75) is 26.4 Å². The lowest BCUT2D eigenvalue weighted by Gasteiger charge is -2.17. The quantitative estimate of drug-likeness (QED) is 0.745. The van der Waals surface area contributed by atoms with E-state index in [-0.39, 0.29) is 6.04 Å². The van der Waals surface area contributed by atoms with Gasteiger partial charge in [-0.3, -0.25) is 4.79 Å². The molecule has 1 aromatic rings. The van der Waals surface area contributed by atoms with Gasteiger partial charge in [-0.1, -0.05) is 6.92 Å². The Labute approximate surface area is 88.5 Å². The van der Waals surface area contributed by atoms with E-state index in [4.69, 9.17) is 5.11 Å². The molecule has 0 radical (unpaired) electrons. The first-order chi connectivity index (χ1) is 7.11. The maximum absolute atomic E-state index is 10.7. The van der Waals surface area contributed by atoms with Crippen LogP contribution in [0.25, 0.3) is 0 Å². The summed E-state index contributed by atoms with van der Waals surface area (Å²) < 4.78 is 0. The van der Waals surface area contributed by atoms with Gasteiger partial charge >= 0.3 is 5.97 Å². The summed E-state index contributed by atoms with van der Waals surface area (Å²) in [5.41, 5.74) is 0.807. The third-order valence-corrected chi connectivity index (χ3v) is 2.37. The van der Waals surface area contributed by atoms with E-state index >= 15 is 0 Å². The molecule has 0 aliphatic rings. The van der Waals surface area contributed by atoms with Gasteiger partial charge in [0.25, 0.3) is 0 Å². The molecule has 0 fully saturated rings. The fourth-order valence-electron chi connectivity index (χ4n) is 1.08. The van der Waals surface area contributed by atoms with Crippen LogP contribution in [0.15, 0.2) is 18.3 Å². The number of rotatable bonds is 5. The Balaban J connectivity index is 2.41. The number of aromatic nitrogens is 2. The fourth-order valence-corrected chi connectivity index (χ4v) is 1.08. The van der Waals surface area contributed by atoms with Crippen molar-refractivity contribution in [1.82, 2.24) is 15.5 Å². The van der Waals surface area contributed by atoms with Gasteiger partial charge in [-0.15, -0.1) is 0 Å². The number of carboxylic acid groups (broad SMARTS) is 1. The molecule has 1 heterocycles. The standard InChI is InChI=1S/C10H15N3O2/c1-7(10(14)15)8(2)11-6-9-4-3-5-12-13-9/h3-5,7-8,11H,6H2,1-2H3,(H,14,15). The Hall–Kier alpha value is -1.49. The Kier molecular flexibility index (Phi) is 4.17. The monoisotopic (exact) mass is 209 g/mol. The molecule has 2 unspecified atom stereocenters. The number of nitrogens with one attached hydrogen (secondary N) is 1. The minimum atomic E-state index is -0.797. The molecule has 2 N–H and O–H groups in total. The van der Waals surface area contributed by atoms with Crippen molar-refractivity contribution in [3.05, 3.63) is 24.0 Å². The summed E-state index contributed by atoms with van der Waals surface area (Å²) in [6.45, 7) is 4.05. The van der Waals surface area contributed by atoms with Crippen molar-refractivity contribution in [3.63, 3.8) is 0 Å². The first-order valence-corrected chi connectivity index (χ1v) is 4.84. The fraction of sp³-hybridized carbons (Fsp3) is 0.500. The SMILES string of the molecule is CC(NCc1cccnn1)C(C)C(=O)O. The van der Waals surface area contributed by atoms with E-state index in [1.807, 2.05) is 13.0 Å². The molecular formula is C10H15N3O2. The summed E-state index contributed by atoms with van der Waals surface area (Å²) in [5, 5.41) is 19.5. The highest BCUT2D eigenvalue weighted by Crippen LogP contribution is 2.03. The summed E-state index contributed by atoms with van der Waals surface area (Å²) in [5.74, 6) is -1.21. The van der Waals surface area contributed by atoms with Crippen LogP contribution in [0.4, 0.5) is 0 Å². The van der Waals surface area contributed by atoms with E-state index < -0.39 is 11.9 Å². The van der Waals surface area contributed by atoms with Crippen molar-refractivity contribution >= 4 is 5.97 Å². The second-order valence-electron chi connectivity index (χ2n) is 3.51. The summed E-state index contributed by atoms with van der Waals surface area (Å²) >= 11 is 0. The van der Waals surface area contributed by atoms with E-state index in [0.717, 1.165) is 5.69 Å². The molecule has 15 heavy (non-hydrogen) atoms. The van der Waals surface area contributed by atoms with E-state index in [9.17, 15) is 4.79 Å². The van der Waals surface area contributed by atoms with Crippen LogP contribution in [0.1, 0.15) is 19.5 Å². The average Bonchev–Trinajstić information content (AvgIpc) is 2.26. The largest absolute Gasteiger partial charge is 0.481 e. The van der Waals surface area contributed by atoms with Crippen LogP contribution in [0, 0.1) is 5.92 Å². The van der Waals surface area contributed by atoms with Crippen LogP contribution in [0.2, 0.25) is 0 Å². The van der Waals surface area contributed by atoms with Crippen LogP contribution < -0.4 is 5.32 Å². The number of nitrogens with zero attached hydrogens (tertiary/aromatic N) is 2. The smallest absolute Gasteiger partial charge is 0.307 e. The normalized spacial score (nSPS) is 14.5. The number of aliphatic carboxylic acids is 1. The highest BCUT2D eigenvalue weighted by molar-refractivity contribution is 5.70. The predicted molar refractivity (Wildman–Crippen MR) is 55.1 cm³/mol. The molecule has 0 spiro atoms. The molecule has 0 aliphatic heterocycles. The van der Waals surface area contributed by atoms with Crippen LogP contribution in [-0.2, 0) is 11.3 Å². The molecule has 5 nitrogen and oxygen atoms in total. The third-order valence-electron chi connectivity index (χ3n) is 2.37. The number of carbonyl (C=O) groups is 1. The summed E-state index contributed by atoms with van der Waals surface area (Å²) in [7, 11) is 0. The molecule has 2 atom stereocenters. The van der Waals surface area contributed by atoms with Crippen molar-refractivity contribution in [2.24, 2.45) is 5.92 Å². The lowest BCUT2D eigenvalue weighted by molar-refractivity contribution is -0.141. The molecule has 0 amide bonds. The van der Waals surface area contributed by atoms with Crippen LogP contribution in [0.3, 0.4) is 0 Å². The summed E-state index contributed by atoms with van der Waals surface area (Å²) in [6, 6.07) is 3.55. The molecular weight excluding hydrogens is 194 g/mol. The van der Waals surface area contributed by atoms with Gasteiger partial charge in [-0.2, -0.15) is 10.2 Å². The molecule has 0 saturated carbocycles. The van der Waals surface area contributed by atoms with Crippen LogP contribution in [-0.4, -0.2) is 27.3 Å². The zero-order chi connectivity index (χ0) is 11.3. The topological polar surface area (TPSA) is 75.1 Å². The molecule has 0 saturated heterocycles. The van der Waals surface area contributed by atoms with Gasteiger partial charge in [-0.05, 0) is 19.1 Å². The van der Waals surface area contributed by atoms with E-state index in [1.54, 1.807) is 19.2 Å². The van der Waals surface area contributed by atoms with E-state index in [0.29, 0.717) is 6.54 Å². The molecule has 1 aromatic heterocycles. The first kappa shape index (κ1) is 11.6. The summed E-state index contributed by atoms with van der Waals surface area (Å²) in [4.78, 5) is 10.7. The second kappa shape index (κ2) is 5.41. The van der Waals surface area contributed by atoms with Gasteiger partial charge < -0.3 is 10.4 Å².